The fourth-order valence-electron chi connectivity index (χ4n) is 4.24. The average molecular weight is 316 g/mol. The Hall–Kier alpha value is -1.46. The second kappa shape index (κ2) is 5.87. The van der Waals surface area contributed by atoms with E-state index in [1.165, 1.54) is 24.8 Å². The molecule has 4 rings (SSSR count). The highest BCUT2D eigenvalue weighted by atomic mass is 16.5. The van der Waals surface area contributed by atoms with Crippen molar-refractivity contribution in [3.63, 3.8) is 0 Å². The molecular weight excluding hydrogens is 292 g/mol. The summed E-state index contributed by atoms with van der Waals surface area (Å²) in [6, 6.07) is 2.64. The Morgan fingerprint density at radius 3 is 3.13 bits per heavy atom. The first-order chi connectivity index (χ1) is 11.2. The molecule has 0 atom stereocenters. The highest BCUT2D eigenvalue weighted by Crippen LogP contribution is 2.49. The molecular formula is C18H24N2O3. The third kappa shape index (κ3) is 2.76. The molecule has 124 valence electrons. The fraction of sp³-hybridized carbons (Fsp3) is 0.667. The van der Waals surface area contributed by atoms with E-state index in [4.69, 9.17) is 9.47 Å². The Morgan fingerprint density at radius 1 is 1.52 bits per heavy atom. The number of fused-ring (bicyclic) bond motifs is 1. The van der Waals surface area contributed by atoms with Crippen LogP contribution in [-0.4, -0.2) is 48.3 Å². The third-order valence-corrected chi connectivity index (χ3v) is 5.63. The first-order valence-corrected chi connectivity index (χ1v) is 8.66. The maximum Gasteiger partial charge on any atom is 0.339 e. The molecule has 0 unspecified atom stereocenters. The zero-order valence-electron chi connectivity index (χ0n) is 13.7. The number of rotatable bonds is 3. The molecule has 0 bridgehead atoms. The quantitative estimate of drug-likeness (QED) is 0.800. The molecule has 2 fully saturated rings. The Morgan fingerprint density at radius 2 is 2.39 bits per heavy atom. The monoisotopic (exact) mass is 316 g/mol. The van der Waals surface area contributed by atoms with E-state index in [-0.39, 0.29) is 5.97 Å². The molecule has 1 aliphatic carbocycles. The molecule has 1 saturated carbocycles. The number of nitrogens with zero attached hydrogens (tertiary/aromatic N) is 2. The van der Waals surface area contributed by atoms with Crippen molar-refractivity contribution in [2.45, 2.75) is 45.2 Å². The summed E-state index contributed by atoms with van der Waals surface area (Å²) < 4.78 is 10.6. The van der Waals surface area contributed by atoms with Crippen LogP contribution in [0.4, 0.5) is 0 Å². The van der Waals surface area contributed by atoms with E-state index in [1.54, 1.807) is 6.20 Å². The van der Waals surface area contributed by atoms with E-state index in [2.05, 4.69) is 9.88 Å². The van der Waals surface area contributed by atoms with Gasteiger partial charge < -0.3 is 9.47 Å². The lowest BCUT2D eigenvalue weighted by molar-refractivity contribution is -0.0131. The van der Waals surface area contributed by atoms with Crippen LogP contribution < -0.4 is 0 Å². The summed E-state index contributed by atoms with van der Waals surface area (Å²) in [4.78, 5) is 18.9. The van der Waals surface area contributed by atoms with Crippen molar-refractivity contribution < 1.29 is 14.3 Å². The zero-order chi connectivity index (χ0) is 15.9. The van der Waals surface area contributed by atoms with Gasteiger partial charge in [0.15, 0.2) is 0 Å². The number of aromatic nitrogens is 1. The number of hydrogen-bond acceptors (Lipinski definition) is 5. The molecule has 3 heterocycles. The normalized spacial score (nSPS) is 30.0. The predicted molar refractivity (Wildman–Crippen MR) is 85.2 cm³/mol. The van der Waals surface area contributed by atoms with Gasteiger partial charge in [0.2, 0.25) is 0 Å². The van der Waals surface area contributed by atoms with Crippen LogP contribution in [0.2, 0.25) is 0 Å². The van der Waals surface area contributed by atoms with E-state index >= 15 is 0 Å². The molecule has 1 aromatic rings. The summed E-state index contributed by atoms with van der Waals surface area (Å²) in [6.07, 6.45) is 6.39. The maximum absolute atomic E-state index is 11.8. The molecule has 1 spiro atoms. The second-order valence-corrected chi connectivity index (χ2v) is 7.14. The summed E-state index contributed by atoms with van der Waals surface area (Å²) in [6.45, 7) is 6.07. The van der Waals surface area contributed by atoms with Gasteiger partial charge in [-0.25, -0.2) is 4.79 Å². The molecule has 0 aromatic carbocycles. The molecule has 0 amide bonds. The first kappa shape index (κ1) is 15.1. The third-order valence-electron chi connectivity index (χ3n) is 5.63. The van der Waals surface area contributed by atoms with E-state index in [1.807, 2.05) is 13.0 Å². The lowest BCUT2D eigenvalue weighted by Crippen LogP contribution is -2.52. The van der Waals surface area contributed by atoms with Gasteiger partial charge in [-0.1, -0.05) is 0 Å². The summed E-state index contributed by atoms with van der Waals surface area (Å²) in [5.74, 6) is -0.271. The van der Waals surface area contributed by atoms with E-state index < -0.39 is 0 Å². The minimum absolute atomic E-state index is 0.271. The lowest BCUT2D eigenvalue weighted by Gasteiger charge is -2.50. The van der Waals surface area contributed by atoms with E-state index in [0.29, 0.717) is 23.6 Å². The molecule has 3 aliphatic rings. The van der Waals surface area contributed by atoms with Gasteiger partial charge in [-0.3, -0.25) is 9.88 Å². The van der Waals surface area contributed by atoms with Crippen molar-refractivity contribution in [1.29, 1.82) is 0 Å². The summed E-state index contributed by atoms with van der Waals surface area (Å²) >= 11 is 0. The van der Waals surface area contributed by atoms with Crippen LogP contribution in [0.25, 0.3) is 0 Å². The number of carbonyl (C=O) groups excluding carboxylic acids is 1. The number of esters is 1. The van der Waals surface area contributed by atoms with Crippen LogP contribution >= 0.6 is 0 Å². The summed E-state index contributed by atoms with van der Waals surface area (Å²) in [5, 5.41) is 0. The zero-order valence-corrected chi connectivity index (χ0v) is 13.7. The Kier molecular flexibility index (Phi) is 3.85. The van der Waals surface area contributed by atoms with Crippen LogP contribution in [0.3, 0.4) is 0 Å². The molecule has 23 heavy (non-hydrogen) atoms. The van der Waals surface area contributed by atoms with Gasteiger partial charge in [-0.15, -0.1) is 0 Å². The van der Waals surface area contributed by atoms with Gasteiger partial charge in [-0.05, 0) is 49.7 Å². The molecule has 5 nitrogen and oxygen atoms in total. The van der Waals surface area contributed by atoms with Gasteiger partial charge in [-0.2, -0.15) is 0 Å². The minimum atomic E-state index is -0.271. The minimum Gasteiger partial charge on any atom is -0.462 e. The van der Waals surface area contributed by atoms with Crippen molar-refractivity contribution in [2.24, 2.45) is 5.41 Å². The van der Waals surface area contributed by atoms with Crippen molar-refractivity contribution in [3.05, 3.63) is 29.1 Å². The van der Waals surface area contributed by atoms with Crippen molar-refractivity contribution in [3.8, 4) is 0 Å². The van der Waals surface area contributed by atoms with E-state index in [0.717, 1.165) is 38.4 Å². The standard InChI is InChI=1S/C18H24N2O3/c1-2-23-17(21)14-7-13-3-5-20(11-16(13)19-10-14)15-8-18(9-15)4-6-22-12-18/h7,10,15H,2-6,8-9,11-12H2,1H3. The molecule has 5 heteroatoms. The van der Waals surface area contributed by atoms with Crippen LogP contribution in [0, 0.1) is 5.41 Å². The maximum atomic E-state index is 11.8. The number of carbonyl (C=O) groups is 1. The van der Waals surface area contributed by atoms with Gasteiger partial charge >= 0.3 is 5.97 Å². The molecule has 0 radical (unpaired) electrons. The van der Waals surface area contributed by atoms with Crippen molar-refractivity contribution in [1.82, 2.24) is 9.88 Å². The molecule has 1 aromatic heterocycles. The lowest BCUT2D eigenvalue weighted by atomic mass is 9.64. The smallest absolute Gasteiger partial charge is 0.339 e. The number of ether oxygens (including phenoxy) is 2. The van der Waals surface area contributed by atoms with Crippen LogP contribution in [0.15, 0.2) is 12.3 Å². The largest absolute Gasteiger partial charge is 0.462 e. The SMILES string of the molecule is CCOC(=O)c1cnc2c(c1)CCN(C1CC3(CCOC3)C1)C2. The molecule has 0 N–H and O–H groups in total. The summed E-state index contributed by atoms with van der Waals surface area (Å²) in [5.41, 5.74) is 3.37. The summed E-state index contributed by atoms with van der Waals surface area (Å²) in [7, 11) is 0. The van der Waals surface area contributed by atoms with Crippen LogP contribution in [-0.2, 0) is 22.4 Å². The van der Waals surface area contributed by atoms with Crippen molar-refractivity contribution >= 4 is 5.97 Å². The predicted octanol–water partition coefficient (Wildman–Crippen LogP) is 2.19. The topological polar surface area (TPSA) is 51.7 Å². The van der Waals surface area contributed by atoms with Crippen LogP contribution in [0.1, 0.15) is 47.8 Å². The van der Waals surface area contributed by atoms with Gasteiger partial charge in [0.1, 0.15) is 0 Å². The fourth-order valence-corrected chi connectivity index (χ4v) is 4.24. The first-order valence-electron chi connectivity index (χ1n) is 8.66. The van der Waals surface area contributed by atoms with Gasteiger partial charge in [0.05, 0.1) is 24.5 Å². The van der Waals surface area contributed by atoms with Crippen molar-refractivity contribution in [2.75, 3.05) is 26.4 Å². The number of hydrogen-bond donors (Lipinski definition) is 0. The van der Waals surface area contributed by atoms with Crippen LogP contribution in [0.5, 0.6) is 0 Å². The number of pyridine rings is 1. The Labute approximate surface area is 137 Å². The highest BCUT2D eigenvalue weighted by molar-refractivity contribution is 5.89. The molecule has 1 saturated heterocycles. The highest BCUT2D eigenvalue weighted by Gasteiger charge is 2.48. The Bertz CT molecular complexity index is 602. The van der Waals surface area contributed by atoms with E-state index in [9.17, 15) is 4.79 Å². The second-order valence-electron chi connectivity index (χ2n) is 7.14. The van der Waals surface area contributed by atoms with Gasteiger partial charge in [0, 0.05) is 31.9 Å². The Balaban J connectivity index is 1.41. The molecule has 2 aliphatic heterocycles. The van der Waals surface area contributed by atoms with Gasteiger partial charge in [0.25, 0.3) is 0 Å². The average Bonchev–Trinajstić information content (AvgIpc) is 3.03.